The molecule has 2 aromatic carbocycles. The van der Waals surface area contributed by atoms with Crippen LogP contribution in [0.25, 0.3) is 0 Å². The van der Waals surface area contributed by atoms with Crippen LogP contribution in [-0.4, -0.2) is 6.54 Å². The molecule has 0 radical (unpaired) electrons. The van der Waals surface area contributed by atoms with Crippen molar-refractivity contribution in [2.24, 2.45) is 0 Å². The van der Waals surface area contributed by atoms with Gasteiger partial charge >= 0.3 is 0 Å². The zero-order chi connectivity index (χ0) is 15.2. The van der Waals surface area contributed by atoms with Gasteiger partial charge in [-0.1, -0.05) is 36.8 Å². The van der Waals surface area contributed by atoms with Crippen molar-refractivity contribution in [2.75, 3.05) is 6.54 Å². The Labute approximate surface area is 125 Å². The molecule has 21 heavy (non-hydrogen) atoms. The summed E-state index contributed by atoms with van der Waals surface area (Å²) < 4.78 is 27.5. The molecule has 2 rings (SSSR count). The van der Waals surface area contributed by atoms with Crippen molar-refractivity contribution < 1.29 is 8.78 Å². The van der Waals surface area contributed by atoms with Crippen molar-refractivity contribution in [3.8, 4) is 0 Å². The first kappa shape index (κ1) is 15.6. The van der Waals surface area contributed by atoms with Crippen LogP contribution in [0.4, 0.5) is 8.78 Å². The highest BCUT2D eigenvalue weighted by Gasteiger charge is 2.16. The fourth-order valence-electron chi connectivity index (χ4n) is 2.47. The van der Waals surface area contributed by atoms with E-state index < -0.39 is 5.82 Å². The molecule has 0 aliphatic heterocycles. The molecule has 0 aromatic heterocycles. The smallest absolute Gasteiger partial charge is 0.128 e. The number of halogens is 2. The van der Waals surface area contributed by atoms with Crippen LogP contribution < -0.4 is 5.32 Å². The SMILES string of the molecule is CCCNC(Cc1cccc(C)c1)c1cc(F)ccc1F. The molecule has 3 heteroatoms. The van der Waals surface area contributed by atoms with E-state index in [0.29, 0.717) is 12.0 Å². The highest BCUT2D eigenvalue weighted by molar-refractivity contribution is 5.28. The van der Waals surface area contributed by atoms with Gasteiger partial charge in [-0.2, -0.15) is 0 Å². The Morgan fingerprint density at radius 3 is 2.62 bits per heavy atom. The van der Waals surface area contributed by atoms with Gasteiger partial charge in [-0.3, -0.25) is 0 Å². The number of hydrogen-bond acceptors (Lipinski definition) is 1. The third kappa shape index (κ3) is 4.36. The lowest BCUT2D eigenvalue weighted by atomic mass is 9.97. The summed E-state index contributed by atoms with van der Waals surface area (Å²) in [4.78, 5) is 0. The third-order valence-corrected chi connectivity index (χ3v) is 3.50. The largest absolute Gasteiger partial charge is 0.310 e. The van der Waals surface area contributed by atoms with Gasteiger partial charge in [-0.05, 0) is 50.1 Å². The van der Waals surface area contributed by atoms with E-state index in [9.17, 15) is 8.78 Å². The van der Waals surface area contributed by atoms with Crippen LogP contribution in [0.15, 0.2) is 42.5 Å². The first-order valence-corrected chi connectivity index (χ1v) is 7.34. The van der Waals surface area contributed by atoms with Gasteiger partial charge < -0.3 is 5.32 Å². The summed E-state index contributed by atoms with van der Waals surface area (Å²) in [7, 11) is 0. The van der Waals surface area contributed by atoms with E-state index in [1.807, 2.05) is 25.1 Å². The van der Waals surface area contributed by atoms with Gasteiger partial charge in [0.05, 0.1) is 0 Å². The van der Waals surface area contributed by atoms with E-state index in [0.717, 1.165) is 24.6 Å². The fourth-order valence-corrected chi connectivity index (χ4v) is 2.47. The number of rotatable bonds is 6. The molecule has 0 spiro atoms. The summed E-state index contributed by atoms with van der Waals surface area (Å²) in [5.74, 6) is -0.767. The molecule has 0 aliphatic rings. The van der Waals surface area contributed by atoms with Crippen molar-refractivity contribution in [2.45, 2.75) is 32.7 Å². The second-order valence-corrected chi connectivity index (χ2v) is 5.37. The molecule has 1 N–H and O–H groups in total. The normalized spacial score (nSPS) is 12.4. The van der Waals surface area contributed by atoms with E-state index in [1.165, 1.54) is 17.7 Å². The first-order valence-electron chi connectivity index (χ1n) is 7.34. The standard InChI is InChI=1S/C18H21F2N/c1-3-9-21-18(11-14-6-4-5-13(2)10-14)16-12-15(19)7-8-17(16)20/h4-8,10,12,18,21H,3,9,11H2,1-2H3. The lowest BCUT2D eigenvalue weighted by Gasteiger charge is -2.20. The Bertz CT molecular complexity index is 596. The number of benzene rings is 2. The molecular formula is C18H21F2N. The predicted octanol–water partition coefficient (Wildman–Crippen LogP) is 4.56. The van der Waals surface area contributed by atoms with Crippen LogP contribution in [0, 0.1) is 18.6 Å². The minimum Gasteiger partial charge on any atom is -0.310 e. The van der Waals surface area contributed by atoms with Crippen LogP contribution in [0.1, 0.15) is 36.1 Å². The predicted molar refractivity (Wildman–Crippen MR) is 82.3 cm³/mol. The number of hydrogen-bond donors (Lipinski definition) is 1. The minimum atomic E-state index is -0.404. The van der Waals surface area contributed by atoms with Crippen LogP contribution in [0.5, 0.6) is 0 Å². The Hall–Kier alpha value is -1.74. The Morgan fingerprint density at radius 2 is 1.90 bits per heavy atom. The van der Waals surface area contributed by atoms with Crippen molar-refractivity contribution in [1.82, 2.24) is 5.32 Å². The summed E-state index contributed by atoms with van der Waals surface area (Å²) in [5.41, 5.74) is 2.68. The monoisotopic (exact) mass is 289 g/mol. The summed E-state index contributed by atoms with van der Waals surface area (Å²) >= 11 is 0. The van der Waals surface area contributed by atoms with E-state index in [1.54, 1.807) is 0 Å². The fraction of sp³-hybridized carbons (Fsp3) is 0.333. The maximum absolute atomic E-state index is 14.0. The summed E-state index contributed by atoms with van der Waals surface area (Å²) in [6.45, 7) is 4.85. The minimum absolute atomic E-state index is 0.220. The molecule has 0 heterocycles. The van der Waals surface area contributed by atoms with Crippen LogP contribution in [0.2, 0.25) is 0 Å². The molecule has 1 atom stereocenters. The van der Waals surface area contributed by atoms with E-state index in [-0.39, 0.29) is 11.9 Å². The third-order valence-electron chi connectivity index (χ3n) is 3.50. The quantitative estimate of drug-likeness (QED) is 0.822. The molecule has 112 valence electrons. The van der Waals surface area contributed by atoms with Gasteiger partial charge in [-0.25, -0.2) is 8.78 Å². The van der Waals surface area contributed by atoms with Crippen molar-refractivity contribution in [3.05, 3.63) is 70.8 Å². The van der Waals surface area contributed by atoms with Crippen molar-refractivity contribution >= 4 is 0 Å². The molecule has 0 aliphatic carbocycles. The van der Waals surface area contributed by atoms with Crippen LogP contribution in [-0.2, 0) is 6.42 Å². The second-order valence-electron chi connectivity index (χ2n) is 5.37. The molecule has 0 amide bonds. The topological polar surface area (TPSA) is 12.0 Å². The molecule has 0 saturated heterocycles. The van der Waals surface area contributed by atoms with E-state index >= 15 is 0 Å². The summed E-state index contributed by atoms with van der Waals surface area (Å²) in [6.07, 6.45) is 1.59. The average Bonchev–Trinajstić information content (AvgIpc) is 2.46. The zero-order valence-corrected chi connectivity index (χ0v) is 12.5. The molecule has 1 unspecified atom stereocenters. The maximum atomic E-state index is 14.0. The van der Waals surface area contributed by atoms with Gasteiger partial charge in [0, 0.05) is 11.6 Å². The zero-order valence-electron chi connectivity index (χ0n) is 12.5. The highest BCUT2D eigenvalue weighted by Crippen LogP contribution is 2.23. The first-order chi connectivity index (χ1) is 10.1. The number of aryl methyl sites for hydroxylation is 1. The summed E-state index contributed by atoms with van der Waals surface area (Å²) in [6, 6.07) is 11.5. The lowest BCUT2D eigenvalue weighted by Crippen LogP contribution is -2.25. The molecule has 1 nitrogen and oxygen atoms in total. The summed E-state index contributed by atoms with van der Waals surface area (Å²) in [5, 5.41) is 3.32. The highest BCUT2D eigenvalue weighted by atomic mass is 19.1. The van der Waals surface area contributed by atoms with Crippen molar-refractivity contribution in [3.63, 3.8) is 0 Å². The van der Waals surface area contributed by atoms with Gasteiger partial charge in [0.2, 0.25) is 0 Å². The van der Waals surface area contributed by atoms with Gasteiger partial charge in [-0.15, -0.1) is 0 Å². The molecule has 0 saturated carbocycles. The lowest BCUT2D eigenvalue weighted by molar-refractivity contribution is 0.490. The molecule has 0 bridgehead atoms. The number of nitrogens with one attached hydrogen (secondary N) is 1. The van der Waals surface area contributed by atoms with Gasteiger partial charge in [0.1, 0.15) is 11.6 Å². The Balaban J connectivity index is 2.27. The van der Waals surface area contributed by atoms with E-state index in [2.05, 4.69) is 18.3 Å². The van der Waals surface area contributed by atoms with Crippen LogP contribution >= 0.6 is 0 Å². The molecule has 2 aromatic rings. The van der Waals surface area contributed by atoms with E-state index in [4.69, 9.17) is 0 Å². The average molecular weight is 289 g/mol. The van der Waals surface area contributed by atoms with Gasteiger partial charge in [0.15, 0.2) is 0 Å². The van der Waals surface area contributed by atoms with Crippen LogP contribution in [0.3, 0.4) is 0 Å². The van der Waals surface area contributed by atoms with Crippen molar-refractivity contribution in [1.29, 1.82) is 0 Å². The Morgan fingerprint density at radius 1 is 1.10 bits per heavy atom. The molecular weight excluding hydrogens is 268 g/mol. The van der Waals surface area contributed by atoms with Gasteiger partial charge in [0.25, 0.3) is 0 Å². The second kappa shape index (κ2) is 7.32. The maximum Gasteiger partial charge on any atom is 0.128 e. The molecule has 0 fully saturated rings. The Kier molecular flexibility index (Phi) is 5.45.